The molecule has 1 unspecified atom stereocenters. The molecule has 1 fully saturated rings. The Hall–Kier alpha value is -1.84. The molecule has 2 rings (SSSR count). The Balaban J connectivity index is 1.95. The molecule has 4 heteroatoms. The van der Waals surface area contributed by atoms with Gasteiger partial charge in [-0.1, -0.05) is 49.6 Å². The van der Waals surface area contributed by atoms with E-state index in [2.05, 4.69) is 5.32 Å². The van der Waals surface area contributed by atoms with Crippen LogP contribution >= 0.6 is 0 Å². The van der Waals surface area contributed by atoms with Crippen LogP contribution in [0.4, 0.5) is 0 Å². The molecular weight excluding hydrogens is 254 g/mol. The highest BCUT2D eigenvalue weighted by atomic mass is 16.4. The van der Waals surface area contributed by atoms with E-state index in [0.29, 0.717) is 5.92 Å². The van der Waals surface area contributed by atoms with Crippen molar-refractivity contribution < 1.29 is 14.7 Å². The minimum atomic E-state index is -0.935. The molecule has 1 aliphatic carbocycles. The molecular formula is C16H21NO3. The predicted octanol–water partition coefficient (Wildman–Crippen LogP) is 2.90. The second-order valence-electron chi connectivity index (χ2n) is 5.46. The number of rotatable bonds is 7. The summed E-state index contributed by atoms with van der Waals surface area (Å²) < 4.78 is 0. The first-order chi connectivity index (χ1) is 9.65. The highest BCUT2D eigenvalue weighted by Gasteiger charge is 2.24. The van der Waals surface area contributed by atoms with Gasteiger partial charge in [0.2, 0.25) is 5.91 Å². The van der Waals surface area contributed by atoms with Gasteiger partial charge >= 0.3 is 5.97 Å². The molecule has 0 saturated heterocycles. The van der Waals surface area contributed by atoms with Crippen LogP contribution in [0.15, 0.2) is 30.3 Å². The highest BCUT2D eigenvalue weighted by molar-refractivity contribution is 5.80. The number of carboxylic acids is 1. The van der Waals surface area contributed by atoms with Gasteiger partial charge in [0, 0.05) is 6.42 Å². The summed E-state index contributed by atoms with van der Waals surface area (Å²) in [5.74, 6) is -0.434. The topological polar surface area (TPSA) is 66.4 Å². The molecule has 0 aliphatic heterocycles. The first-order valence-electron chi connectivity index (χ1n) is 7.21. The van der Waals surface area contributed by atoms with Crippen LogP contribution in [-0.2, 0) is 9.59 Å². The summed E-state index contributed by atoms with van der Waals surface area (Å²) in [6.07, 6.45) is 4.62. The van der Waals surface area contributed by atoms with Crippen molar-refractivity contribution in [3.63, 3.8) is 0 Å². The Morgan fingerprint density at radius 1 is 1.20 bits per heavy atom. The highest BCUT2D eigenvalue weighted by Crippen LogP contribution is 2.34. The molecule has 0 bridgehead atoms. The number of hydrogen-bond acceptors (Lipinski definition) is 2. The second kappa shape index (κ2) is 7.08. The Labute approximate surface area is 119 Å². The lowest BCUT2D eigenvalue weighted by atomic mass is 9.79. The maximum atomic E-state index is 11.8. The van der Waals surface area contributed by atoms with E-state index in [4.69, 9.17) is 5.11 Å². The molecule has 1 aliphatic rings. The second-order valence-corrected chi connectivity index (χ2v) is 5.46. The number of carbonyl (C=O) groups is 2. The summed E-state index contributed by atoms with van der Waals surface area (Å²) in [7, 11) is 0. The molecule has 0 radical (unpaired) electrons. The van der Waals surface area contributed by atoms with Crippen molar-refractivity contribution in [2.75, 3.05) is 0 Å². The molecule has 1 aromatic carbocycles. The van der Waals surface area contributed by atoms with E-state index < -0.39 is 5.97 Å². The van der Waals surface area contributed by atoms with Crippen molar-refractivity contribution in [1.82, 2.24) is 5.32 Å². The molecule has 0 heterocycles. The van der Waals surface area contributed by atoms with Gasteiger partial charge in [-0.25, -0.2) is 0 Å². The summed E-state index contributed by atoms with van der Waals surface area (Å²) in [4.78, 5) is 22.4. The van der Waals surface area contributed by atoms with Gasteiger partial charge in [-0.3, -0.25) is 9.59 Å². The van der Waals surface area contributed by atoms with Gasteiger partial charge in [0.05, 0.1) is 12.5 Å². The monoisotopic (exact) mass is 275 g/mol. The molecule has 1 amide bonds. The fraction of sp³-hybridized carbons (Fsp3) is 0.500. The molecule has 108 valence electrons. The Morgan fingerprint density at radius 2 is 1.90 bits per heavy atom. The van der Waals surface area contributed by atoms with Crippen molar-refractivity contribution in [2.45, 2.75) is 44.6 Å². The van der Waals surface area contributed by atoms with Crippen molar-refractivity contribution in [3.05, 3.63) is 35.9 Å². The van der Waals surface area contributed by atoms with Gasteiger partial charge in [0.25, 0.3) is 0 Å². The number of amides is 1. The lowest BCUT2D eigenvalue weighted by molar-refractivity contribution is -0.139. The zero-order valence-electron chi connectivity index (χ0n) is 11.5. The molecule has 1 aromatic rings. The Kier molecular flexibility index (Phi) is 5.16. The number of carboxylic acid groups (broad SMARTS) is 1. The van der Waals surface area contributed by atoms with Crippen LogP contribution in [-0.4, -0.2) is 17.0 Å². The smallest absolute Gasteiger partial charge is 0.303 e. The third kappa shape index (κ3) is 4.37. The zero-order valence-corrected chi connectivity index (χ0v) is 11.5. The molecule has 1 atom stereocenters. The first kappa shape index (κ1) is 14.6. The first-order valence-corrected chi connectivity index (χ1v) is 7.21. The number of aliphatic carboxylic acids is 1. The summed E-state index contributed by atoms with van der Waals surface area (Å²) in [5, 5.41) is 11.6. The van der Waals surface area contributed by atoms with Crippen LogP contribution < -0.4 is 5.32 Å². The van der Waals surface area contributed by atoms with E-state index in [-0.39, 0.29) is 24.8 Å². The summed E-state index contributed by atoms with van der Waals surface area (Å²) >= 11 is 0. The molecule has 20 heavy (non-hydrogen) atoms. The van der Waals surface area contributed by atoms with E-state index in [1.807, 2.05) is 30.3 Å². The Morgan fingerprint density at radius 3 is 2.45 bits per heavy atom. The van der Waals surface area contributed by atoms with E-state index in [1.54, 1.807) is 0 Å². The van der Waals surface area contributed by atoms with E-state index in [9.17, 15) is 9.59 Å². The van der Waals surface area contributed by atoms with Crippen LogP contribution in [0.25, 0.3) is 0 Å². The van der Waals surface area contributed by atoms with Crippen LogP contribution in [0.1, 0.15) is 50.1 Å². The average molecular weight is 275 g/mol. The van der Waals surface area contributed by atoms with Crippen molar-refractivity contribution in [1.29, 1.82) is 0 Å². The predicted molar refractivity (Wildman–Crippen MR) is 76.2 cm³/mol. The van der Waals surface area contributed by atoms with Gasteiger partial charge in [0.15, 0.2) is 0 Å². The van der Waals surface area contributed by atoms with E-state index in [1.165, 1.54) is 19.3 Å². The van der Waals surface area contributed by atoms with E-state index >= 15 is 0 Å². The van der Waals surface area contributed by atoms with Crippen LogP contribution in [0, 0.1) is 5.92 Å². The lowest BCUT2D eigenvalue weighted by Crippen LogP contribution is -2.31. The maximum absolute atomic E-state index is 11.8. The van der Waals surface area contributed by atoms with Crippen molar-refractivity contribution in [3.8, 4) is 0 Å². The lowest BCUT2D eigenvalue weighted by Gasteiger charge is -2.30. The molecule has 0 aromatic heterocycles. The number of hydrogen-bond donors (Lipinski definition) is 2. The van der Waals surface area contributed by atoms with Gasteiger partial charge < -0.3 is 10.4 Å². The van der Waals surface area contributed by atoms with Crippen LogP contribution in [0.3, 0.4) is 0 Å². The summed E-state index contributed by atoms with van der Waals surface area (Å²) in [6, 6.07) is 9.92. The molecule has 1 saturated carbocycles. The number of nitrogens with one attached hydrogen (secondary N) is 1. The average Bonchev–Trinajstić information content (AvgIpc) is 2.40. The fourth-order valence-electron chi connectivity index (χ4n) is 2.51. The standard InChI is InChI=1S/C16H21NO3/c18-15(9-10-16(19)20)17-14(11-12-5-4-6-12)13-7-2-1-3-8-13/h1-3,7-8,12,14H,4-6,9-11H2,(H,17,18)(H,19,20). The third-order valence-electron chi connectivity index (χ3n) is 3.90. The van der Waals surface area contributed by atoms with Gasteiger partial charge in [0.1, 0.15) is 0 Å². The maximum Gasteiger partial charge on any atom is 0.303 e. The SMILES string of the molecule is O=C(O)CCC(=O)NC(CC1CCC1)c1ccccc1. The van der Waals surface area contributed by atoms with Gasteiger partial charge in [-0.15, -0.1) is 0 Å². The van der Waals surface area contributed by atoms with E-state index in [0.717, 1.165) is 12.0 Å². The summed E-state index contributed by atoms with van der Waals surface area (Å²) in [6.45, 7) is 0. The van der Waals surface area contributed by atoms with Crippen molar-refractivity contribution in [2.24, 2.45) is 5.92 Å². The molecule has 2 N–H and O–H groups in total. The minimum Gasteiger partial charge on any atom is -0.481 e. The normalized spacial score (nSPS) is 16.2. The fourth-order valence-corrected chi connectivity index (χ4v) is 2.51. The van der Waals surface area contributed by atoms with Crippen LogP contribution in [0.2, 0.25) is 0 Å². The Bertz CT molecular complexity index is 454. The van der Waals surface area contributed by atoms with Crippen LogP contribution in [0.5, 0.6) is 0 Å². The zero-order chi connectivity index (χ0) is 14.4. The third-order valence-corrected chi connectivity index (χ3v) is 3.90. The quantitative estimate of drug-likeness (QED) is 0.804. The van der Waals surface area contributed by atoms with Gasteiger partial charge in [-0.2, -0.15) is 0 Å². The molecule has 4 nitrogen and oxygen atoms in total. The molecule has 0 spiro atoms. The summed E-state index contributed by atoms with van der Waals surface area (Å²) in [5.41, 5.74) is 1.10. The van der Waals surface area contributed by atoms with Crippen molar-refractivity contribution >= 4 is 11.9 Å². The van der Waals surface area contributed by atoms with Gasteiger partial charge in [-0.05, 0) is 17.9 Å². The largest absolute Gasteiger partial charge is 0.481 e. The number of carbonyl (C=O) groups excluding carboxylic acids is 1. The minimum absolute atomic E-state index is 0.00259. The number of benzene rings is 1.